The molecular weight excluding hydrogens is 588 g/mol. The molecule has 2 aromatic heterocycles. The van der Waals surface area contributed by atoms with Gasteiger partial charge in [0.2, 0.25) is 17.6 Å². The monoisotopic (exact) mass is 628 g/mol. The second-order valence-electron chi connectivity index (χ2n) is 11.3. The maximum absolute atomic E-state index is 13.3. The van der Waals surface area contributed by atoms with Gasteiger partial charge in [-0.15, -0.1) is 0 Å². The first kappa shape index (κ1) is 34.2. The molecule has 0 saturated carbocycles. The van der Waals surface area contributed by atoms with Crippen LogP contribution in [0.4, 0.5) is 9.93 Å². The Bertz CT molecular complexity index is 1460. The van der Waals surface area contributed by atoms with Gasteiger partial charge in [0.15, 0.2) is 5.13 Å². The molecule has 0 aliphatic rings. The Hall–Kier alpha value is -4.33. The highest BCUT2D eigenvalue weighted by Gasteiger charge is 2.23. The van der Waals surface area contributed by atoms with Crippen LogP contribution in [0.15, 0.2) is 28.8 Å². The minimum Gasteiger partial charge on any atom is -0.461 e. The van der Waals surface area contributed by atoms with Crippen LogP contribution >= 0.6 is 11.3 Å². The van der Waals surface area contributed by atoms with Crippen LogP contribution in [-0.4, -0.2) is 75.7 Å². The summed E-state index contributed by atoms with van der Waals surface area (Å²) in [6.07, 6.45) is 1.03. The summed E-state index contributed by atoms with van der Waals surface area (Å²) in [6.45, 7) is 11.3. The molecule has 2 N–H and O–H groups in total. The van der Waals surface area contributed by atoms with Crippen molar-refractivity contribution in [2.24, 2.45) is 0 Å². The third-order valence-corrected chi connectivity index (χ3v) is 7.15. The van der Waals surface area contributed by atoms with E-state index in [2.05, 4.69) is 25.8 Å². The number of anilines is 1. The van der Waals surface area contributed by atoms with Gasteiger partial charge in [0.1, 0.15) is 10.5 Å². The molecule has 0 aliphatic heterocycles. The second kappa shape index (κ2) is 15.4. The van der Waals surface area contributed by atoms with Crippen molar-refractivity contribution in [3.8, 4) is 11.4 Å². The molecule has 1 aromatic carbocycles. The van der Waals surface area contributed by atoms with E-state index in [9.17, 15) is 19.2 Å². The number of hydrogen-bond acceptors (Lipinski definition) is 11. The summed E-state index contributed by atoms with van der Waals surface area (Å²) in [4.78, 5) is 61.3. The molecule has 0 fully saturated rings. The Kier molecular flexibility index (Phi) is 12.0. The zero-order chi connectivity index (χ0) is 32.4. The van der Waals surface area contributed by atoms with Crippen LogP contribution in [0.2, 0.25) is 0 Å². The standard InChI is InChI=1S/C30H40N6O7S/c1-8-15-41-27(39)24-18(2)31-28(44-24)34-23(37)17-22(13-10-14-36(7)29(40)42-30(4,5)6)33-26(38)21-12-9-11-20(16-21)25-32-19(3)43-35-25/h9,11-12,16,22H,8,10,13-15,17H2,1-7H3,(H,33,38)(H,31,34,37). The van der Waals surface area contributed by atoms with Crippen LogP contribution in [0, 0.1) is 13.8 Å². The van der Waals surface area contributed by atoms with Crippen molar-refractivity contribution >= 4 is 40.3 Å². The summed E-state index contributed by atoms with van der Waals surface area (Å²) < 4.78 is 15.6. The highest BCUT2D eigenvalue weighted by molar-refractivity contribution is 7.17. The van der Waals surface area contributed by atoms with Gasteiger partial charge in [-0.05, 0) is 59.1 Å². The summed E-state index contributed by atoms with van der Waals surface area (Å²) in [7, 11) is 1.63. The number of amides is 3. The van der Waals surface area contributed by atoms with E-state index < -0.39 is 35.5 Å². The van der Waals surface area contributed by atoms with Gasteiger partial charge >= 0.3 is 12.1 Å². The number of carbonyl (C=O) groups is 4. The van der Waals surface area contributed by atoms with E-state index >= 15 is 0 Å². The van der Waals surface area contributed by atoms with E-state index in [4.69, 9.17) is 14.0 Å². The molecule has 0 radical (unpaired) electrons. The number of esters is 1. The van der Waals surface area contributed by atoms with Gasteiger partial charge in [0.05, 0.1) is 12.3 Å². The first-order valence-electron chi connectivity index (χ1n) is 14.4. The number of thiazole rings is 1. The Morgan fingerprint density at radius 3 is 2.55 bits per heavy atom. The van der Waals surface area contributed by atoms with Crippen LogP contribution < -0.4 is 10.6 Å². The van der Waals surface area contributed by atoms with Gasteiger partial charge < -0.3 is 29.5 Å². The fourth-order valence-electron chi connectivity index (χ4n) is 4.01. The molecule has 13 nitrogen and oxygen atoms in total. The first-order valence-corrected chi connectivity index (χ1v) is 15.2. The van der Waals surface area contributed by atoms with Gasteiger partial charge in [-0.3, -0.25) is 9.59 Å². The van der Waals surface area contributed by atoms with Crippen LogP contribution in [-0.2, 0) is 14.3 Å². The van der Waals surface area contributed by atoms with E-state index in [1.165, 1.54) is 4.90 Å². The van der Waals surface area contributed by atoms with Crippen molar-refractivity contribution in [2.45, 2.75) is 78.9 Å². The van der Waals surface area contributed by atoms with Gasteiger partial charge in [-0.2, -0.15) is 4.98 Å². The number of benzene rings is 1. The highest BCUT2D eigenvalue weighted by Crippen LogP contribution is 2.24. The topological polar surface area (TPSA) is 166 Å². The van der Waals surface area contributed by atoms with Gasteiger partial charge in [-0.25, -0.2) is 14.6 Å². The van der Waals surface area contributed by atoms with Gasteiger partial charge in [-0.1, -0.05) is 35.5 Å². The number of carbonyl (C=O) groups excluding carboxylic acids is 4. The van der Waals surface area contributed by atoms with E-state index in [0.29, 0.717) is 65.8 Å². The van der Waals surface area contributed by atoms with Crippen LogP contribution in [0.5, 0.6) is 0 Å². The second-order valence-corrected chi connectivity index (χ2v) is 12.3. The summed E-state index contributed by atoms with van der Waals surface area (Å²) in [5.41, 5.74) is 0.787. The Balaban J connectivity index is 1.70. The smallest absolute Gasteiger partial charge is 0.410 e. The number of nitrogens with one attached hydrogen (secondary N) is 2. The number of nitrogens with zero attached hydrogens (tertiary/aromatic N) is 4. The zero-order valence-electron chi connectivity index (χ0n) is 26.2. The molecule has 44 heavy (non-hydrogen) atoms. The quantitative estimate of drug-likeness (QED) is 0.242. The predicted molar refractivity (Wildman–Crippen MR) is 164 cm³/mol. The maximum Gasteiger partial charge on any atom is 0.410 e. The molecule has 2 heterocycles. The number of ether oxygens (including phenoxy) is 2. The van der Waals surface area contributed by atoms with Crippen molar-refractivity contribution in [3.05, 3.63) is 46.3 Å². The minimum absolute atomic E-state index is 0.0696. The third-order valence-electron chi connectivity index (χ3n) is 6.09. The molecule has 0 saturated heterocycles. The lowest BCUT2D eigenvalue weighted by atomic mass is 10.1. The summed E-state index contributed by atoms with van der Waals surface area (Å²) in [5.74, 6) is -0.516. The number of hydrogen-bond donors (Lipinski definition) is 2. The van der Waals surface area contributed by atoms with Crippen molar-refractivity contribution < 1.29 is 33.2 Å². The lowest BCUT2D eigenvalue weighted by molar-refractivity contribution is -0.116. The van der Waals surface area contributed by atoms with Crippen LogP contribution in [0.25, 0.3) is 11.4 Å². The summed E-state index contributed by atoms with van der Waals surface area (Å²) in [5, 5.41) is 9.84. The fourth-order valence-corrected chi connectivity index (χ4v) is 4.89. The first-order chi connectivity index (χ1) is 20.8. The molecule has 0 aliphatic carbocycles. The van der Waals surface area contributed by atoms with Crippen LogP contribution in [0.3, 0.4) is 0 Å². The van der Waals surface area contributed by atoms with E-state index in [-0.39, 0.29) is 11.6 Å². The highest BCUT2D eigenvalue weighted by atomic mass is 32.1. The average molecular weight is 629 g/mol. The molecule has 1 atom stereocenters. The predicted octanol–water partition coefficient (Wildman–Crippen LogP) is 5.15. The summed E-state index contributed by atoms with van der Waals surface area (Å²) in [6, 6.07) is 6.18. The number of rotatable bonds is 13. The number of aryl methyl sites for hydroxylation is 2. The Morgan fingerprint density at radius 1 is 1.14 bits per heavy atom. The molecule has 3 amide bonds. The van der Waals surface area contributed by atoms with E-state index in [0.717, 1.165) is 11.3 Å². The van der Waals surface area contributed by atoms with Crippen molar-refractivity contribution in [3.63, 3.8) is 0 Å². The Labute approximate surface area is 260 Å². The lowest BCUT2D eigenvalue weighted by Gasteiger charge is -2.25. The SMILES string of the molecule is CCCOC(=O)c1sc(NC(=O)CC(CCCN(C)C(=O)OC(C)(C)C)NC(=O)c2cccc(-c3noc(C)n3)c2)nc1C. The minimum atomic E-state index is -0.630. The Morgan fingerprint density at radius 2 is 1.89 bits per heavy atom. The van der Waals surface area contributed by atoms with Gasteiger partial charge in [0, 0.05) is 44.1 Å². The maximum atomic E-state index is 13.3. The molecule has 238 valence electrons. The fraction of sp³-hybridized carbons (Fsp3) is 0.500. The molecular formula is C30H40N6O7S. The normalized spacial score (nSPS) is 11.9. The zero-order valence-corrected chi connectivity index (χ0v) is 27.0. The van der Waals surface area contributed by atoms with E-state index in [1.54, 1.807) is 65.9 Å². The molecule has 0 spiro atoms. The largest absolute Gasteiger partial charge is 0.461 e. The molecule has 0 bridgehead atoms. The van der Waals surface area contributed by atoms with Crippen molar-refractivity contribution in [1.29, 1.82) is 0 Å². The average Bonchev–Trinajstić information content (AvgIpc) is 3.55. The molecule has 14 heteroatoms. The lowest BCUT2D eigenvalue weighted by Crippen LogP contribution is -2.39. The molecule has 1 unspecified atom stereocenters. The van der Waals surface area contributed by atoms with Crippen molar-refractivity contribution in [2.75, 3.05) is 25.5 Å². The van der Waals surface area contributed by atoms with Crippen molar-refractivity contribution in [1.82, 2.24) is 25.3 Å². The number of aromatic nitrogens is 3. The molecule has 3 aromatic rings. The van der Waals surface area contributed by atoms with Gasteiger partial charge in [0.25, 0.3) is 5.91 Å². The molecule has 3 rings (SSSR count). The summed E-state index contributed by atoms with van der Waals surface area (Å²) >= 11 is 1.03. The van der Waals surface area contributed by atoms with Crippen LogP contribution in [0.1, 0.15) is 85.0 Å². The van der Waals surface area contributed by atoms with E-state index in [1.807, 2.05) is 6.92 Å². The third kappa shape index (κ3) is 10.4.